The summed E-state index contributed by atoms with van der Waals surface area (Å²) >= 11 is 0. The largest absolute Gasteiger partial charge is 0.394 e. The normalized spacial score (nSPS) is 25.1. The second-order valence-electron chi connectivity index (χ2n) is 5.91. The van der Waals surface area contributed by atoms with Crippen molar-refractivity contribution in [2.24, 2.45) is 0 Å². The molecular weight excluding hydrogens is 320 g/mol. The standard InChI is InChI=1S/C14H14.C6H10O5/c1-3-7-13(8-4-1)11-12-14-9-5-2-6-10-14;7-1-3-5(9)6(10)4(2-8)11-3/h1-10H,11-12H2;1,3-6,8-10H,2H2/t;3-,4-,5+,6+/m.0/s1. The highest BCUT2D eigenvalue weighted by atomic mass is 16.6. The van der Waals surface area contributed by atoms with Gasteiger partial charge >= 0.3 is 0 Å². The molecule has 3 rings (SSSR count). The second-order valence-corrected chi connectivity index (χ2v) is 5.91. The zero-order valence-electron chi connectivity index (χ0n) is 13.9. The SMILES string of the molecule is O=C[C@@H]1O[C@@H](CO)[C@@H](O)[C@@H]1O.c1ccc(CCc2ccccc2)cc1. The van der Waals surface area contributed by atoms with E-state index in [0.29, 0.717) is 6.29 Å². The van der Waals surface area contributed by atoms with E-state index in [2.05, 4.69) is 60.7 Å². The van der Waals surface area contributed by atoms with Gasteiger partial charge in [0.2, 0.25) is 0 Å². The predicted octanol–water partition coefficient (Wildman–Crippen LogP) is 1.14. The minimum Gasteiger partial charge on any atom is -0.394 e. The average molecular weight is 344 g/mol. The maximum Gasteiger partial charge on any atom is 0.151 e. The molecule has 134 valence electrons. The van der Waals surface area contributed by atoms with Crippen LogP contribution in [-0.2, 0) is 22.4 Å². The Morgan fingerprint density at radius 3 is 1.64 bits per heavy atom. The van der Waals surface area contributed by atoms with Crippen molar-refractivity contribution in [2.75, 3.05) is 6.61 Å². The first-order chi connectivity index (χ1) is 12.2. The molecule has 5 nitrogen and oxygen atoms in total. The van der Waals surface area contributed by atoms with Crippen LogP contribution in [0, 0.1) is 0 Å². The molecule has 0 radical (unpaired) electrons. The van der Waals surface area contributed by atoms with Crippen LogP contribution in [0.2, 0.25) is 0 Å². The van der Waals surface area contributed by atoms with Crippen LogP contribution in [0.4, 0.5) is 0 Å². The Hall–Kier alpha value is -2.05. The fraction of sp³-hybridized carbons (Fsp3) is 0.350. The third kappa shape index (κ3) is 5.76. The van der Waals surface area contributed by atoms with E-state index in [9.17, 15) is 4.79 Å². The van der Waals surface area contributed by atoms with Crippen molar-refractivity contribution >= 4 is 6.29 Å². The number of carbonyl (C=O) groups is 1. The number of hydrogen-bond donors (Lipinski definition) is 3. The molecule has 0 saturated carbocycles. The topological polar surface area (TPSA) is 87.0 Å². The predicted molar refractivity (Wildman–Crippen MR) is 94.1 cm³/mol. The van der Waals surface area contributed by atoms with E-state index >= 15 is 0 Å². The molecule has 1 heterocycles. The summed E-state index contributed by atoms with van der Waals surface area (Å²) in [6, 6.07) is 21.2. The van der Waals surface area contributed by atoms with Crippen molar-refractivity contribution < 1.29 is 24.9 Å². The van der Waals surface area contributed by atoms with Crippen molar-refractivity contribution in [1.82, 2.24) is 0 Å². The number of benzene rings is 2. The molecule has 3 N–H and O–H groups in total. The molecule has 1 saturated heterocycles. The lowest BCUT2D eigenvalue weighted by atomic mass is 10.0. The highest BCUT2D eigenvalue weighted by Crippen LogP contribution is 2.19. The van der Waals surface area contributed by atoms with Crippen LogP contribution in [0.5, 0.6) is 0 Å². The Kier molecular flexibility index (Phi) is 7.76. The van der Waals surface area contributed by atoms with Gasteiger partial charge in [-0.15, -0.1) is 0 Å². The maximum absolute atomic E-state index is 10.1. The fourth-order valence-corrected chi connectivity index (χ4v) is 2.62. The van der Waals surface area contributed by atoms with Crippen LogP contribution in [0.3, 0.4) is 0 Å². The molecule has 2 aromatic rings. The quantitative estimate of drug-likeness (QED) is 0.708. The average Bonchev–Trinajstić information content (AvgIpc) is 2.96. The van der Waals surface area contributed by atoms with Crippen LogP contribution in [0.1, 0.15) is 11.1 Å². The third-order valence-corrected chi connectivity index (χ3v) is 4.10. The third-order valence-electron chi connectivity index (χ3n) is 4.10. The number of hydrogen-bond acceptors (Lipinski definition) is 5. The summed E-state index contributed by atoms with van der Waals surface area (Å²) in [4.78, 5) is 10.1. The van der Waals surface area contributed by atoms with E-state index in [1.165, 1.54) is 11.1 Å². The van der Waals surface area contributed by atoms with Gasteiger partial charge in [-0.1, -0.05) is 60.7 Å². The minimum atomic E-state index is -1.22. The van der Waals surface area contributed by atoms with Crippen LogP contribution < -0.4 is 0 Å². The fourth-order valence-electron chi connectivity index (χ4n) is 2.62. The van der Waals surface area contributed by atoms with E-state index in [1.807, 2.05) is 0 Å². The van der Waals surface area contributed by atoms with Gasteiger partial charge in [0, 0.05) is 0 Å². The number of aldehydes is 1. The van der Waals surface area contributed by atoms with Crippen molar-refractivity contribution in [2.45, 2.75) is 37.3 Å². The lowest BCUT2D eigenvalue weighted by Crippen LogP contribution is -2.34. The Labute approximate surface area is 147 Å². The van der Waals surface area contributed by atoms with E-state index in [4.69, 9.17) is 20.1 Å². The number of aliphatic hydroxyl groups is 3. The van der Waals surface area contributed by atoms with Gasteiger partial charge in [-0.05, 0) is 24.0 Å². The molecule has 0 aromatic heterocycles. The van der Waals surface area contributed by atoms with Crippen LogP contribution >= 0.6 is 0 Å². The number of carbonyl (C=O) groups excluding carboxylic acids is 1. The Morgan fingerprint density at radius 2 is 1.32 bits per heavy atom. The molecule has 0 bridgehead atoms. The summed E-state index contributed by atoms with van der Waals surface area (Å²) < 4.78 is 4.77. The van der Waals surface area contributed by atoms with E-state index < -0.39 is 31.0 Å². The number of aryl methyl sites for hydroxylation is 2. The Balaban J connectivity index is 0.000000186. The molecule has 1 aliphatic heterocycles. The zero-order valence-corrected chi connectivity index (χ0v) is 13.9. The molecule has 0 aliphatic carbocycles. The van der Waals surface area contributed by atoms with Gasteiger partial charge in [0.05, 0.1) is 6.61 Å². The maximum atomic E-state index is 10.1. The van der Waals surface area contributed by atoms with Crippen LogP contribution in [-0.4, -0.2) is 52.6 Å². The van der Waals surface area contributed by atoms with Gasteiger partial charge < -0.3 is 24.9 Å². The summed E-state index contributed by atoms with van der Waals surface area (Å²) in [5, 5.41) is 26.7. The van der Waals surface area contributed by atoms with Crippen molar-refractivity contribution in [3.63, 3.8) is 0 Å². The lowest BCUT2D eigenvalue weighted by molar-refractivity contribution is -0.121. The molecule has 0 spiro atoms. The van der Waals surface area contributed by atoms with Crippen molar-refractivity contribution in [3.05, 3.63) is 71.8 Å². The lowest BCUT2D eigenvalue weighted by Gasteiger charge is -2.10. The number of ether oxygens (including phenoxy) is 1. The van der Waals surface area contributed by atoms with Crippen molar-refractivity contribution in [1.29, 1.82) is 0 Å². The molecule has 2 aromatic carbocycles. The van der Waals surface area contributed by atoms with E-state index in [1.54, 1.807) is 0 Å². The van der Waals surface area contributed by atoms with Gasteiger partial charge in [0.25, 0.3) is 0 Å². The zero-order chi connectivity index (χ0) is 18.1. The molecule has 5 heteroatoms. The van der Waals surface area contributed by atoms with E-state index in [0.717, 1.165) is 12.8 Å². The summed E-state index contributed by atoms with van der Waals surface area (Å²) in [6.45, 7) is -0.400. The van der Waals surface area contributed by atoms with Crippen molar-refractivity contribution in [3.8, 4) is 0 Å². The molecule has 0 unspecified atom stereocenters. The van der Waals surface area contributed by atoms with Crippen LogP contribution in [0.25, 0.3) is 0 Å². The van der Waals surface area contributed by atoms with Gasteiger partial charge in [0.15, 0.2) is 6.29 Å². The first-order valence-electron chi connectivity index (χ1n) is 8.31. The highest BCUT2D eigenvalue weighted by molar-refractivity contribution is 5.58. The number of rotatable bonds is 5. The second kappa shape index (κ2) is 10.1. The Morgan fingerprint density at radius 1 is 0.840 bits per heavy atom. The molecular formula is C20H24O5. The first kappa shape index (κ1) is 19.3. The highest BCUT2D eigenvalue weighted by Gasteiger charge is 2.41. The summed E-state index contributed by atoms with van der Waals surface area (Å²) in [5.41, 5.74) is 2.83. The molecule has 4 atom stereocenters. The smallest absolute Gasteiger partial charge is 0.151 e. The summed E-state index contributed by atoms with van der Waals surface area (Å²) in [6.07, 6.45) is -1.58. The molecule has 1 aliphatic rings. The minimum absolute atomic E-state index is 0.400. The monoisotopic (exact) mass is 344 g/mol. The number of aliphatic hydroxyl groups excluding tert-OH is 3. The molecule has 1 fully saturated rings. The summed E-state index contributed by atoms with van der Waals surface area (Å²) in [5.74, 6) is 0. The molecule has 0 amide bonds. The van der Waals surface area contributed by atoms with Gasteiger partial charge in [0.1, 0.15) is 24.4 Å². The van der Waals surface area contributed by atoms with Gasteiger partial charge in [-0.25, -0.2) is 0 Å². The first-order valence-corrected chi connectivity index (χ1v) is 8.31. The van der Waals surface area contributed by atoms with Gasteiger partial charge in [-0.3, -0.25) is 0 Å². The summed E-state index contributed by atoms with van der Waals surface area (Å²) in [7, 11) is 0. The Bertz CT molecular complexity index is 577. The molecule has 25 heavy (non-hydrogen) atoms. The van der Waals surface area contributed by atoms with E-state index in [-0.39, 0.29) is 0 Å². The van der Waals surface area contributed by atoms with Gasteiger partial charge in [-0.2, -0.15) is 0 Å². The van der Waals surface area contributed by atoms with Crippen LogP contribution in [0.15, 0.2) is 60.7 Å².